The van der Waals surface area contributed by atoms with Crippen LogP contribution in [0.4, 0.5) is 8.78 Å². The van der Waals surface area contributed by atoms with Gasteiger partial charge in [0.15, 0.2) is 0 Å². The Morgan fingerprint density at radius 2 is 1.83 bits per heavy atom. The fourth-order valence-electron chi connectivity index (χ4n) is 0.739. The van der Waals surface area contributed by atoms with Crippen molar-refractivity contribution in [2.75, 3.05) is 5.33 Å². The quantitative estimate of drug-likeness (QED) is 0.475. The molecular weight excluding hydrogens is 226 g/mol. The third-order valence-electron chi connectivity index (χ3n) is 1.24. The number of halogens is 3. The lowest BCUT2D eigenvalue weighted by molar-refractivity contribution is 0.577. The van der Waals surface area contributed by atoms with Gasteiger partial charge in [0.2, 0.25) is 0 Å². The molecule has 1 aromatic rings. The van der Waals surface area contributed by atoms with Gasteiger partial charge in [-0.3, -0.25) is 0 Å². The summed E-state index contributed by atoms with van der Waals surface area (Å²) in [6.07, 6.45) is 0. The Hall–Kier alpha value is -0.880. The topological polar surface area (TPSA) is 0 Å². The fourth-order valence-corrected chi connectivity index (χ4v) is 0.879. The molecule has 0 heterocycles. The predicted molar refractivity (Wildman–Crippen MR) is 47.0 cm³/mol. The molecule has 0 aromatic heterocycles. The zero-order chi connectivity index (χ0) is 8.97. The van der Waals surface area contributed by atoms with Crippen LogP contribution in [-0.2, 0) is 0 Å². The van der Waals surface area contributed by atoms with Crippen LogP contribution in [0.2, 0.25) is 0 Å². The lowest BCUT2D eigenvalue weighted by Gasteiger charge is -1.94. The molecule has 0 bridgehead atoms. The second-order valence-corrected chi connectivity index (χ2v) is 2.59. The van der Waals surface area contributed by atoms with Crippen molar-refractivity contribution in [1.29, 1.82) is 0 Å². The Morgan fingerprint density at radius 1 is 1.25 bits per heavy atom. The average molecular weight is 231 g/mol. The summed E-state index contributed by atoms with van der Waals surface area (Å²) in [5, 5.41) is 0.404. The molecule has 0 N–H and O–H groups in total. The maximum absolute atomic E-state index is 12.8. The van der Waals surface area contributed by atoms with E-state index in [4.69, 9.17) is 0 Å². The zero-order valence-electron chi connectivity index (χ0n) is 6.07. The maximum atomic E-state index is 12.8. The number of hydrogen-bond acceptors (Lipinski definition) is 0. The largest absolute Gasteiger partial charge is 0.206 e. The van der Waals surface area contributed by atoms with E-state index >= 15 is 0 Å². The minimum Gasteiger partial charge on any atom is -0.206 e. The van der Waals surface area contributed by atoms with Gasteiger partial charge in [-0.2, -0.15) is 0 Å². The summed E-state index contributed by atoms with van der Waals surface area (Å²) in [7, 11) is 0. The third kappa shape index (κ3) is 2.05. The highest BCUT2D eigenvalue weighted by Crippen LogP contribution is 2.09. The van der Waals surface area contributed by atoms with Crippen molar-refractivity contribution < 1.29 is 8.78 Å². The van der Waals surface area contributed by atoms with Crippen LogP contribution in [0.15, 0.2) is 18.2 Å². The van der Waals surface area contributed by atoms with Crippen molar-refractivity contribution in [3.8, 4) is 11.8 Å². The van der Waals surface area contributed by atoms with Gasteiger partial charge in [0.25, 0.3) is 0 Å². The Morgan fingerprint density at radius 3 is 2.33 bits per heavy atom. The Kier molecular flexibility index (Phi) is 3.24. The highest BCUT2D eigenvalue weighted by molar-refractivity contribution is 9.09. The van der Waals surface area contributed by atoms with E-state index < -0.39 is 11.6 Å². The molecule has 0 nitrogen and oxygen atoms in total. The van der Waals surface area contributed by atoms with E-state index in [1.807, 2.05) is 0 Å². The minimum absolute atomic E-state index is 0.169. The molecule has 62 valence electrons. The van der Waals surface area contributed by atoms with Crippen LogP contribution in [0.5, 0.6) is 0 Å². The summed E-state index contributed by atoms with van der Waals surface area (Å²) in [6, 6.07) is 3.67. The van der Waals surface area contributed by atoms with E-state index in [2.05, 4.69) is 27.8 Å². The van der Waals surface area contributed by atoms with Gasteiger partial charge in [-0.05, 0) is 12.1 Å². The van der Waals surface area contributed by atoms with Crippen LogP contribution in [0.1, 0.15) is 5.56 Å². The van der Waals surface area contributed by atoms with Gasteiger partial charge in [-0.1, -0.05) is 33.8 Å². The monoisotopic (exact) mass is 230 g/mol. The average Bonchev–Trinajstić information content (AvgIpc) is 2.04. The smallest absolute Gasteiger partial charge is 0.141 e. The molecule has 0 saturated carbocycles. The molecule has 0 aliphatic rings. The van der Waals surface area contributed by atoms with E-state index in [0.29, 0.717) is 5.33 Å². The molecule has 0 spiro atoms. The molecular formula is C9H5BrF2. The highest BCUT2D eigenvalue weighted by Gasteiger charge is 2.03. The SMILES string of the molecule is Fc1cccc(F)c1C#CCBr. The first-order valence-electron chi connectivity index (χ1n) is 3.24. The number of rotatable bonds is 0. The van der Waals surface area contributed by atoms with Crippen LogP contribution in [0, 0.1) is 23.5 Å². The molecule has 0 saturated heterocycles. The zero-order valence-corrected chi connectivity index (χ0v) is 7.66. The first-order chi connectivity index (χ1) is 5.75. The molecule has 1 rings (SSSR count). The second kappa shape index (κ2) is 4.22. The molecule has 0 amide bonds. The molecule has 0 aliphatic carbocycles. The van der Waals surface area contributed by atoms with E-state index in [1.54, 1.807) is 0 Å². The fraction of sp³-hybridized carbons (Fsp3) is 0.111. The number of hydrogen-bond donors (Lipinski definition) is 0. The predicted octanol–water partition coefficient (Wildman–Crippen LogP) is 2.71. The van der Waals surface area contributed by atoms with Gasteiger partial charge in [0.1, 0.15) is 11.6 Å². The van der Waals surface area contributed by atoms with Gasteiger partial charge in [0.05, 0.1) is 10.9 Å². The van der Waals surface area contributed by atoms with E-state index in [0.717, 1.165) is 0 Å². The summed E-state index contributed by atoms with van der Waals surface area (Å²) in [6.45, 7) is 0. The molecule has 3 heteroatoms. The molecule has 1 aromatic carbocycles. The van der Waals surface area contributed by atoms with Gasteiger partial charge in [-0.25, -0.2) is 8.78 Å². The molecule has 0 radical (unpaired) electrons. The first-order valence-corrected chi connectivity index (χ1v) is 4.36. The van der Waals surface area contributed by atoms with E-state index in [9.17, 15) is 8.78 Å². The summed E-state index contributed by atoms with van der Waals surface area (Å²) >= 11 is 3.04. The lowest BCUT2D eigenvalue weighted by atomic mass is 10.2. The van der Waals surface area contributed by atoms with Gasteiger partial charge >= 0.3 is 0 Å². The molecule has 0 unspecified atom stereocenters. The second-order valence-electron chi connectivity index (χ2n) is 2.03. The summed E-state index contributed by atoms with van der Waals surface area (Å²) in [5.74, 6) is 3.67. The minimum atomic E-state index is -0.622. The van der Waals surface area contributed by atoms with Crippen molar-refractivity contribution in [3.05, 3.63) is 35.4 Å². The van der Waals surface area contributed by atoms with Crippen LogP contribution in [0.25, 0.3) is 0 Å². The molecule has 12 heavy (non-hydrogen) atoms. The van der Waals surface area contributed by atoms with E-state index in [1.165, 1.54) is 18.2 Å². The van der Waals surface area contributed by atoms with Crippen molar-refractivity contribution in [2.24, 2.45) is 0 Å². The number of benzene rings is 1. The maximum Gasteiger partial charge on any atom is 0.141 e. The molecule has 0 aliphatic heterocycles. The van der Waals surface area contributed by atoms with E-state index in [-0.39, 0.29) is 5.56 Å². The summed E-state index contributed by atoms with van der Waals surface area (Å²) in [4.78, 5) is 0. The Labute approximate surface area is 77.7 Å². The Balaban J connectivity index is 3.13. The van der Waals surface area contributed by atoms with Gasteiger partial charge in [-0.15, -0.1) is 0 Å². The number of alkyl halides is 1. The summed E-state index contributed by atoms with van der Waals surface area (Å²) < 4.78 is 25.6. The molecule has 0 fully saturated rings. The highest BCUT2D eigenvalue weighted by atomic mass is 79.9. The Bertz CT molecular complexity index is 316. The third-order valence-corrected chi connectivity index (χ3v) is 1.52. The lowest BCUT2D eigenvalue weighted by Crippen LogP contribution is -1.88. The van der Waals surface area contributed by atoms with Crippen molar-refractivity contribution in [1.82, 2.24) is 0 Å². The van der Waals surface area contributed by atoms with Crippen LogP contribution >= 0.6 is 15.9 Å². The molecule has 0 atom stereocenters. The van der Waals surface area contributed by atoms with Crippen LogP contribution in [-0.4, -0.2) is 5.33 Å². The van der Waals surface area contributed by atoms with Crippen LogP contribution < -0.4 is 0 Å². The summed E-state index contributed by atoms with van der Waals surface area (Å²) in [5.41, 5.74) is -0.169. The standard InChI is InChI=1S/C9H5BrF2/c10-6-2-3-7-8(11)4-1-5-9(7)12/h1,4-5H,6H2. The van der Waals surface area contributed by atoms with Gasteiger partial charge in [0, 0.05) is 0 Å². The normalized spacial score (nSPS) is 8.92. The van der Waals surface area contributed by atoms with Crippen LogP contribution in [0.3, 0.4) is 0 Å². The van der Waals surface area contributed by atoms with Crippen molar-refractivity contribution in [3.63, 3.8) is 0 Å². The van der Waals surface area contributed by atoms with Gasteiger partial charge < -0.3 is 0 Å². The van der Waals surface area contributed by atoms with Crippen molar-refractivity contribution in [2.45, 2.75) is 0 Å². The van der Waals surface area contributed by atoms with Crippen molar-refractivity contribution >= 4 is 15.9 Å². The first kappa shape index (κ1) is 9.21.